The lowest BCUT2D eigenvalue weighted by Crippen LogP contribution is -2.06. The molecule has 0 saturated carbocycles. The Balaban J connectivity index is 1.90. The summed E-state index contributed by atoms with van der Waals surface area (Å²) in [5.41, 5.74) is 1.84. The van der Waals surface area contributed by atoms with Gasteiger partial charge in [-0.05, 0) is 31.0 Å². The number of aromatic hydroxyl groups is 2. The molecule has 0 spiro atoms. The average Bonchev–Trinajstić information content (AvgIpc) is 2.30. The van der Waals surface area contributed by atoms with Gasteiger partial charge in [0.15, 0.2) is 0 Å². The number of hydrogen-bond acceptors (Lipinski definition) is 5. The van der Waals surface area contributed by atoms with E-state index in [0.717, 1.165) is 17.7 Å². The summed E-state index contributed by atoms with van der Waals surface area (Å²) in [5, 5.41) is 21.5. The van der Waals surface area contributed by atoms with Crippen molar-refractivity contribution in [1.82, 2.24) is 9.97 Å². The van der Waals surface area contributed by atoms with Crippen molar-refractivity contribution in [2.45, 2.75) is 13.3 Å². The number of hydrogen-bond donors (Lipinski definition) is 3. The molecule has 0 radical (unpaired) electrons. The van der Waals surface area contributed by atoms with Crippen LogP contribution in [-0.2, 0) is 6.42 Å². The molecular formula is C13H15N3O2. The topological polar surface area (TPSA) is 78.3 Å². The van der Waals surface area contributed by atoms with Crippen LogP contribution in [0.15, 0.2) is 30.3 Å². The van der Waals surface area contributed by atoms with E-state index in [1.54, 1.807) is 25.1 Å². The van der Waals surface area contributed by atoms with E-state index >= 15 is 0 Å². The first-order chi connectivity index (χ1) is 8.63. The smallest absolute Gasteiger partial charge is 0.316 e. The van der Waals surface area contributed by atoms with Gasteiger partial charge in [0.1, 0.15) is 11.6 Å². The maximum absolute atomic E-state index is 9.25. The molecule has 1 aromatic carbocycles. The lowest BCUT2D eigenvalue weighted by atomic mass is 10.1. The fraction of sp³-hybridized carbons (Fsp3) is 0.231. The zero-order valence-corrected chi connectivity index (χ0v) is 10.1. The highest BCUT2D eigenvalue weighted by atomic mass is 16.3. The largest absolute Gasteiger partial charge is 0.508 e. The van der Waals surface area contributed by atoms with Crippen LogP contribution in [0.25, 0.3) is 0 Å². The molecule has 0 aliphatic carbocycles. The number of nitrogens with one attached hydrogen (secondary N) is 1. The summed E-state index contributed by atoms with van der Waals surface area (Å²) < 4.78 is 0. The summed E-state index contributed by atoms with van der Waals surface area (Å²) in [7, 11) is 0. The van der Waals surface area contributed by atoms with Gasteiger partial charge in [0.2, 0.25) is 0 Å². The fourth-order valence-electron chi connectivity index (χ4n) is 1.64. The first-order valence-corrected chi connectivity index (χ1v) is 5.70. The predicted molar refractivity (Wildman–Crippen MR) is 68.7 cm³/mol. The van der Waals surface area contributed by atoms with Gasteiger partial charge < -0.3 is 15.5 Å². The van der Waals surface area contributed by atoms with Crippen LogP contribution in [0.1, 0.15) is 11.3 Å². The number of aromatic nitrogens is 2. The Kier molecular flexibility index (Phi) is 3.62. The molecule has 0 fully saturated rings. The van der Waals surface area contributed by atoms with Crippen molar-refractivity contribution in [1.29, 1.82) is 0 Å². The quantitative estimate of drug-likeness (QED) is 0.766. The van der Waals surface area contributed by atoms with E-state index in [4.69, 9.17) is 5.11 Å². The Morgan fingerprint density at radius 2 is 1.83 bits per heavy atom. The number of aryl methyl sites for hydroxylation is 1. The normalized spacial score (nSPS) is 10.3. The molecule has 0 amide bonds. The Bertz CT molecular complexity index is 506. The molecule has 0 aliphatic rings. The zero-order valence-electron chi connectivity index (χ0n) is 10.1. The van der Waals surface area contributed by atoms with Crippen LogP contribution in [0, 0.1) is 6.92 Å². The molecule has 94 valence electrons. The summed E-state index contributed by atoms with van der Waals surface area (Å²) in [6.07, 6.45) is 0.810. The molecule has 18 heavy (non-hydrogen) atoms. The van der Waals surface area contributed by atoms with Crippen LogP contribution in [0.3, 0.4) is 0 Å². The van der Waals surface area contributed by atoms with Gasteiger partial charge in [0.05, 0.1) is 0 Å². The molecule has 0 saturated heterocycles. The molecule has 0 aliphatic heterocycles. The molecule has 0 bridgehead atoms. The number of anilines is 1. The first kappa shape index (κ1) is 12.2. The maximum atomic E-state index is 9.25. The number of phenols is 1. The Morgan fingerprint density at radius 1 is 1.11 bits per heavy atom. The number of rotatable bonds is 4. The van der Waals surface area contributed by atoms with Gasteiger partial charge in [-0.1, -0.05) is 12.1 Å². The van der Waals surface area contributed by atoms with Crippen molar-refractivity contribution in [2.24, 2.45) is 0 Å². The van der Waals surface area contributed by atoms with Crippen LogP contribution in [0.5, 0.6) is 11.8 Å². The monoisotopic (exact) mass is 245 g/mol. The average molecular weight is 245 g/mol. The summed E-state index contributed by atoms with van der Waals surface area (Å²) >= 11 is 0. The van der Waals surface area contributed by atoms with Crippen LogP contribution >= 0.6 is 0 Å². The van der Waals surface area contributed by atoms with E-state index in [0.29, 0.717) is 12.4 Å². The van der Waals surface area contributed by atoms with Gasteiger partial charge >= 0.3 is 6.01 Å². The lowest BCUT2D eigenvalue weighted by molar-refractivity contribution is 0.429. The van der Waals surface area contributed by atoms with Crippen molar-refractivity contribution in [3.8, 4) is 11.8 Å². The minimum Gasteiger partial charge on any atom is -0.508 e. The Hall–Kier alpha value is -2.30. The van der Waals surface area contributed by atoms with E-state index < -0.39 is 0 Å². The van der Waals surface area contributed by atoms with E-state index in [1.165, 1.54) is 0 Å². The highest BCUT2D eigenvalue weighted by molar-refractivity contribution is 5.37. The van der Waals surface area contributed by atoms with Gasteiger partial charge in [-0.25, -0.2) is 4.98 Å². The summed E-state index contributed by atoms with van der Waals surface area (Å²) in [4.78, 5) is 7.66. The fourth-order valence-corrected chi connectivity index (χ4v) is 1.64. The van der Waals surface area contributed by atoms with E-state index in [1.807, 2.05) is 12.1 Å². The highest BCUT2D eigenvalue weighted by Crippen LogP contribution is 2.12. The third-order valence-electron chi connectivity index (χ3n) is 2.50. The van der Waals surface area contributed by atoms with E-state index in [2.05, 4.69) is 15.3 Å². The van der Waals surface area contributed by atoms with Gasteiger partial charge in [-0.15, -0.1) is 0 Å². The van der Waals surface area contributed by atoms with Crippen LogP contribution < -0.4 is 5.32 Å². The summed E-state index contributed by atoms with van der Waals surface area (Å²) in [5.74, 6) is 0.877. The minimum atomic E-state index is -0.220. The molecule has 0 unspecified atom stereocenters. The van der Waals surface area contributed by atoms with Crippen molar-refractivity contribution in [3.05, 3.63) is 41.6 Å². The molecular weight excluding hydrogens is 230 g/mol. The second kappa shape index (κ2) is 5.35. The number of benzene rings is 1. The van der Waals surface area contributed by atoms with Crippen molar-refractivity contribution < 1.29 is 10.2 Å². The third-order valence-corrected chi connectivity index (χ3v) is 2.50. The number of nitrogens with zero attached hydrogens (tertiary/aromatic N) is 2. The molecule has 1 aromatic heterocycles. The van der Waals surface area contributed by atoms with Crippen LogP contribution in [-0.4, -0.2) is 26.7 Å². The summed E-state index contributed by atoms with van der Waals surface area (Å²) in [6.45, 7) is 2.49. The summed E-state index contributed by atoms with van der Waals surface area (Å²) in [6, 6.07) is 8.63. The van der Waals surface area contributed by atoms with Gasteiger partial charge in [0.25, 0.3) is 0 Å². The maximum Gasteiger partial charge on any atom is 0.316 e. The molecule has 5 heteroatoms. The lowest BCUT2D eigenvalue weighted by Gasteiger charge is -2.06. The molecule has 5 nitrogen and oxygen atoms in total. The second-order valence-electron chi connectivity index (χ2n) is 4.04. The van der Waals surface area contributed by atoms with Gasteiger partial charge in [-0.2, -0.15) is 4.98 Å². The van der Waals surface area contributed by atoms with Crippen LogP contribution in [0.4, 0.5) is 5.82 Å². The van der Waals surface area contributed by atoms with E-state index in [9.17, 15) is 5.11 Å². The van der Waals surface area contributed by atoms with Crippen molar-refractivity contribution in [2.75, 3.05) is 11.9 Å². The SMILES string of the molecule is Cc1cc(NCCc2ccc(O)cc2)nc(O)n1. The van der Waals surface area contributed by atoms with Crippen molar-refractivity contribution in [3.63, 3.8) is 0 Å². The zero-order chi connectivity index (χ0) is 13.0. The van der Waals surface area contributed by atoms with Gasteiger partial charge in [-0.3, -0.25) is 0 Å². The minimum absolute atomic E-state index is 0.220. The molecule has 3 N–H and O–H groups in total. The Morgan fingerprint density at radius 3 is 2.50 bits per heavy atom. The third kappa shape index (κ3) is 3.35. The molecule has 1 heterocycles. The van der Waals surface area contributed by atoms with Gasteiger partial charge in [0, 0.05) is 18.3 Å². The standard InChI is InChI=1S/C13H15N3O2/c1-9-8-12(16-13(18)15-9)14-7-6-10-2-4-11(17)5-3-10/h2-5,8,17H,6-7H2,1H3,(H2,14,15,16,18). The first-order valence-electron chi connectivity index (χ1n) is 5.70. The Labute approximate surface area is 105 Å². The van der Waals surface area contributed by atoms with Crippen LogP contribution in [0.2, 0.25) is 0 Å². The molecule has 2 rings (SSSR count). The predicted octanol–water partition coefficient (Wildman–Crippen LogP) is 1.85. The molecule has 2 aromatic rings. The van der Waals surface area contributed by atoms with Crippen molar-refractivity contribution >= 4 is 5.82 Å². The second-order valence-corrected chi connectivity index (χ2v) is 4.04. The molecule has 0 atom stereocenters. The number of phenolic OH excluding ortho intramolecular Hbond substituents is 1. The highest BCUT2D eigenvalue weighted by Gasteiger charge is 2.00. The van der Waals surface area contributed by atoms with E-state index in [-0.39, 0.29) is 11.8 Å².